The van der Waals surface area contributed by atoms with Crippen molar-refractivity contribution < 1.29 is 19.1 Å². The van der Waals surface area contributed by atoms with Crippen molar-refractivity contribution in [3.05, 3.63) is 41.7 Å². The molecular formula is C27H39N9O4. The van der Waals surface area contributed by atoms with Gasteiger partial charge in [-0.3, -0.25) is 4.79 Å². The molecule has 3 aromatic rings. The lowest BCUT2D eigenvalue weighted by atomic mass is 10.2. The molecule has 2 heterocycles. The van der Waals surface area contributed by atoms with Crippen LogP contribution >= 0.6 is 0 Å². The minimum absolute atomic E-state index is 0.0575. The highest BCUT2D eigenvalue weighted by Crippen LogP contribution is 2.19. The van der Waals surface area contributed by atoms with E-state index in [4.69, 9.17) is 20.9 Å². The number of carbonyl (C=O) groups excluding carboxylic acids is 2. The summed E-state index contributed by atoms with van der Waals surface area (Å²) in [7, 11) is 1.94. The molecule has 6 N–H and O–H groups in total. The monoisotopic (exact) mass is 553 g/mol. The molecule has 0 fully saturated rings. The highest BCUT2D eigenvalue weighted by molar-refractivity contribution is 5.81. The fourth-order valence-corrected chi connectivity index (χ4v) is 3.69. The molecule has 0 aliphatic carbocycles. The lowest BCUT2D eigenvalue weighted by Gasteiger charge is -2.20. The molecule has 13 nitrogen and oxygen atoms in total. The normalized spacial score (nSPS) is 11.3. The van der Waals surface area contributed by atoms with Crippen LogP contribution in [0.5, 0.6) is 0 Å². The maximum Gasteiger partial charge on any atom is 0.407 e. The first-order chi connectivity index (χ1) is 19.0. The minimum Gasteiger partial charge on any atom is -0.444 e. The summed E-state index contributed by atoms with van der Waals surface area (Å²) < 4.78 is 10.7. The zero-order valence-corrected chi connectivity index (χ0v) is 23.6. The number of carbonyl (C=O) groups is 2. The van der Waals surface area contributed by atoms with Crippen molar-refractivity contribution in [3.8, 4) is 0 Å². The molecule has 40 heavy (non-hydrogen) atoms. The molecule has 2 amide bonds. The lowest BCUT2D eigenvalue weighted by molar-refractivity contribution is -0.122. The van der Waals surface area contributed by atoms with Crippen LogP contribution in [-0.2, 0) is 27.4 Å². The van der Waals surface area contributed by atoms with Crippen LogP contribution in [-0.4, -0.2) is 64.3 Å². The molecule has 216 valence electrons. The molecule has 3 rings (SSSR count). The average Bonchev–Trinajstić information content (AvgIpc) is 2.88. The molecule has 0 aliphatic rings. The van der Waals surface area contributed by atoms with E-state index >= 15 is 0 Å². The maximum atomic E-state index is 12.2. The van der Waals surface area contributed by atoms with Gasteiger partial charge in [0.15, 0.2) is 17.0 Å². The molecule has 2 aromatic heterocycles. The maximum absolute atomic E-state index is 12.2. The summed E-state index contributed by atoms with van der Waals surface area (Å²) in [5.74, 6) is 0.162. The number of anilines is 3. The van der Waals surface area contributed by atoms with Gasteiger partial charge >= 0.3 is 6.09 Å². The third-order valence-corrected chi connectivity index (χ3v) is 5.60. The highest BCUT2D eigenvalue weighted by Gasteiger charge is 2.15. The number of alkyl carbamates (subject to hydrolysis) is 1. The number of rotatable bonds is 13. The molecule has 13 heteroatoms. The van der Waals surface area contributed by atoms with E-state index in [9.17, 15) is 9.59 Å². The summed E-state index contributed by atoms with van der Waals surface area (Å²) in [6.45, 7) is 7.73. The number of nitrogens with one attached hydrogen (secondary N) is 2. The molecule has 0 unspecified atom stereocenters. The Labute approximate surface area is 234 Å². The van der Waals surface area contributed by atoms with Gasteiger partial charge in [0.05, 0.1) is 25.0 Å². The van der Waals surface area contributed by atoms with E-state index in [0.29, 0.717) is 49.7 Å². The molecule has 0 saturated carbocycles. The number of ether oxygens (including phenoxy) is 2. The Morgan fingerprint density at radius 1 is 1.05 bits per heavy atom. The Balaban J connectivity index is 1.35. The number of unbranched alkanes of at least 4 members (excludes halogenated alkanes) is 1. The van der Waals surface area contributed by atoms with Gasteiger partial charge in [0.1, 0.15) is 5.60 Å². The Morgan fingerprint density at radius 2 is 1.85 bits per heavy atom. The second-order valence-electron chi connectivity index (χ2n) is 10.3. The summed E-state index contributed by atoms with van der Waals surface area (Å²) in [6.07, 6.45) is 3.03. The number of fused-ring (bicyclic) bond motifs is 1. The molecule has 0 spiro atoms. The van der Waals surface area contributed by atoms with E-state index in [2.05, 4.69) is 30.6 Å². The Hall–Kier alpha value is -4.26. The third-order valence-electron chi connectivity index (χ3n) is 5.60. The van der Waals surface area contributed by atoms with Crippen molar-refractivity contribution in [2.75, 3.05) is 43.2 Å². The predicted molar refractivity (Wildman–Crippen MR) is 153 cm³/mol. The van der Waals surface area contributed by atoms with Crippen LogP contribution in [0.25, 0.3) is 11.2 Å². The van der Waals surface area contributed by atoms with Crippen molar-refractivity contribution in [2.45, 2.75) is 58.7 Å². The van der Waals surface area contributed by atoms with Gasteiger partial charge in [0.2, 0.25) is 11.9 Å². The molecule has 0 saturated heterocycles. The lowest BCUT2D eigenvalue weighted by Crippen LogP contribution is -2.33. The van der Waals surface area contributed by atoms with E-state index in [1.807, 2.05) is 57.0 Å². The summed E-state index contributed by atoms with van der Waals surface area (Å²) in [4.78, 5) is 42.7. The van der Waals surface area contributed by atoms with E-state index in [-0.39, 0.29) is 24.1 Å². The van der Waals surface area contributed by atoms with Crippen LogP contribution in [0, 0.1) is 0 Å². The third kappa shape index (κ3) is 10.1. The largest absolute Gasteiger partial charge is 0.444 e. The number of nitrogen functional groups attached to an aromatic ring is 2. The van der Waals surface area contributed by atoms with Gasteiger partial charge in [0.25, 0.3) is 0 Å². The molecule has 0 radical (unpaired) electrons. The molecule has 0 atom stereocenters. The average molecular weight is 554 g/mol. The molecule has 1 aromatic carbocycles. The Bertz CT molecular complexity index is 1300. The Morgan fingerprint density at radius 3 is 2.62 bits per heavy atom. The summed E-state index contributed by atoms with van der Waals surface area (Å²) in [5.41, 5.74) is 14.4. The summed E-state index contributed by atoms with van der Waals surface area (Å²) in [6, 6.07) is 7.88. The number of benzene rings is 1. The van der Waals surface area contributed by atoms with Gasteiger partial charge in [0, 0.05) is 38.9 Å². The summed E-state index contributed by atoms with van der Waals surface area (Å²) >= 11 is 0. The second-order valence-corrected chi connectivity index (χ2v) is 10.3. The van der Waals surface area contributed by atoms with Crippen molar-refractivity contribution in [1.29, 1.82) is 0 Å². The standard InChI is InChI=1S/C27H39N9O4/c1-27(2,3)40-26(38)30-11-5-6-12-39-13-10-21(37)31-15-18-8-7-9-20(14-18)36(4)17-19-16-32-24-22(33-19)23(28)34-25(29)35-24/h7-9,14,16H,5-6,10-13,15,17H2,1-4H3,(H,30,38)(H,31,37)(H4,28,29,32,34,35). The smallest absolute Gasteiger partial charge is 0.407 e. The molecular weight excluding hydrogens is 514 g/mol. The van der Waals surface area contributed by atoms with Crippen LogP contribution in [0.3, 0.4) is 0 Å². The summed E-state index contributed by atoms with van der Waals surface area (Å²) in [5, 5.41) is 5.64. The first-order valence-electron chi connectivity index (χ1n) is 13.2. The van der Waals surface area contributed by atoms with Crippen molar-refractivity contribution in [2.24, 2.45) is 0 Å². The number of nitrogens with zero attached hydrogens (tertiary/aromatic N) is 5. The van der Waals surface area contributed by atoms with Gasteiger partial charge in [-0.2, -0.15) is 9.97 Å². The van der Waals surface area contributed by atoms with Crippen LogP contribution in [0.2, 0.25) is 0 Å². The van der Waals surface area contributed by atoms with E-state index in [1.54, 1.807) is 6.20 Å². The highest BCUT2D eigenvalue weighted by atomic mass is 16.6. The topological polar surface area (TPSA) is 183 Å². The zero-order valence-electron chi connectivity index (χ0n) is 23.6. The number of aromatic nitrogens is 4. The molecule has 0 aliphatic heterocycles. The van der Waals surface area contributed by atoms with Crippen molar-refractivity contribution in [3.63, 3.8) is 0 Å². The SMILES string of the molecule is CN(Cc1cnc2nc(N)nc(N)c2n1)c1cccc(CNC(=O)CCOCCCCNC(=O)OC(C)(C)C)c1. The fourth-order valence-electron chi connectivity index (χ4n) is 3.69. The minimum atomic E-state index is -0.510. The van der Waals surface area contributed by atoms with E-state index in [1.165, 1.54) is 0 Å². The zero-order chi connectivity index (χ0) is 29.1. The van der Waals surface area contributed by atoms with Gasteiger partial charge in [-0.1, -0.05) is 12.1 Å². The van der Waals surface area contributed by atoms with E-state index in [0.717, 1.165) is 24.1 Å². The van der Waals surface area contributed by atoms with Gasteiger partial charge in [-0.25, -0.2) is 14.8 Å². The van der Waals surface area contributed by atoms with Crippen LogP contribution in [0.1, 0.15) is 51.3 Å². The van der Waals surface area contributed by atoms with Gasteiger partial charge < -0.3 is 36.5 Å². The quantitative estimate of drug-likeness (QED) is 0.228. The fraction of sp³-hybridized carbons (Fsp3) is 0.481. The first-order valence-corrected chi connectivity index (χ1v) is 13.2. The number of nitrogens with two attached hydrogens (primary N) is 2. The van der Waals surface area contributed by atoms with Gasteiger partial charge in [-0.05, 0) is 51.3 Å². The van der Waals surface area contributed by atoms with Crippen molar-refractivity contribution >= 4 is 40.6 Å². The number of hydrogen-bond acceptors (Lipinski definition) is 11. The van der Waals surface area contributed by atoms with Gasteiger partial charge in [-0.15, -0.1) is 0 Å². The van der Waals surface area contributed by atoms with Crippen LogP contribution in [0.4, 0.5) is 22.2 Å². The van der Waals surface area contributed by atoms with E-state index < -0.39 is 11.7 Å². The number of amides is 2. The van der Waals surface area contributed by atoms with Crippen molar-refractivity contribution in [1.82, 2.24) is 30.6 Å². The first kappa shape index (κ1) is 30.3. The molecule has 0 bridgehead atoms. The number of hydrogen-bond donors (Lipinski definition) is 4. The Kier molecular flexibility index (Phi) is 10.8. The van der Waals surface area contributed by atoms with Crippen LogP contribution < -0.4 is 27.0 Å². The van der Waals surface area contributed by atoms with Crippen LogP contribution in [0.15, 0.2) is 30.5 Å². The predicted octanol–water partition coefficient (Wildman–Crippen LogP) is 2.55. The second kappa shape index (κ2) is 14.2.